The minimum atomic E-state index is -3.56. The molecule has 3 aromatic rings. The second-order valence-corrected chi connectivity index (χ2v) is 9.58. The molecule has 0 aliphatic rings. The van der Waals surface area contributed by atoms with Crippen molar-refractivity contribution in [2.24, 2.45) is 0 Å². The number of hydrogen-bond donors (Lipinski definition) is 0. The summed E-state index contributed by atoms with van der Waals surface area (Å²) >= 11 is 1.40. The summed E-state index contributed by atoms with van der Waals surface area (Å²) in [6, 6.07) is 11.1. The van der Waals surface area contributed by atoms with Crippen LogP contribution in [0.25, 0.3) is 10.6 Å². The quantitative estimate of drug-likeness (QED) is 0.473. The van der Waals surface area contributed by atoms with E-state index in [1.165, 1.54) is 49.7 Å². The Bertz CT molecular complexity index is 1170. The van der Waals surface area contributed by atoms with Gasteiger partial charge in [-0.15, -0.1) is 11.3 Å². The Balaban J connectivity index is 1.69. The molecule has 2 aromatic carbocycles. The highest BCUT2D eigenvalue weighted by Crippen LogP contribution is 2.39. The van der Waals surface area contributed by atoms with E-state index < -0.39 is 16.0 Å². The normalized spacial score (nSPS) is 11.4. The van der Waals surface area contributed by atoms with E-state index >= 15 is 0 Å². The molecule has 8 nitrogen and oxygen atoms in total. The maximum Gasteiger partial charge on any atom is 0.338 e. The van der Waals surface area contributed by atoms with Crippen LogP contribution in [0.5, 0.6) is 11.5 Å². The predicted octanol–water partition coefficient (Wildman–Crippen LogP) is 3.43. The summed E-state index contributed by atoms with van der Waals surface area (Å²) in [5.74, 6) is 0.612. The largest absolute Gasteiger partial charge is 0.493 e. The number of hydrogen-bond acceptors (Lipinski definition) is 8. The van der Waals surface area contributed by atoms with Crippen molar-refractivity contribution < 1.29 is 27.4 Å². The molecule has 0 aliphatic carbocycles. The number of carbonyl (C=O) groups is 1. The van der Waals surface area contributed by atoms with Crippen molar-refractivity contribution in [1.82, 2.24) is 9.29 Å². The van der Waals surface area contributed by atoms with Crippen LogP contribution >= 0.6 is 11.3 Å². The molecule has 164 valence electrons. The van der Waals surface area contributed by atoms with Crippen molar-refractivity contribution in [2.45, 2.75) is 11.5 Å². The lowest BCUT2D eigenvalue weighted by atomic mass is 10.2. The first-order valence-corrected chi connectivity index (χ1v) is 11.5. The van der Waals surface area contributed by atoms with Gasteiger partial charge in [-0.05, 0) is 36.4 Å². The van der Waals surface area contributed by atoms with Crippen LogP contribution < -0.4 is 9.47 Å². The first kappa shape index (κ1) is 22.7. The second kappa shape index (κ2) is 9.46. The zero-order chi connectivity index (χ0) is 22.6. The van der Waals surface area contributed by atoms with Crippen molar-refractivity contribution in [1.29, 1.82) is 0 Å². The average Bonchev–Trinajstić information content (AvgIpc) is 3.25. The highest BCUT2D eigenvalue weighted by atomic mass is 32.2. The number of aromatic nitrogens is 1. The van der Waals surface area contributed by atoms with Crippen molar-refractivity contribution in [3.8, 4) is 22.1 Å². The molecule has 0 saturated heterocycles. The standard InChI is InChI=1S/C21H22N2O6S2/c1-23(2)31(25,26)16-10-8-14(9-11-16)21(24)29-12-15-13-30-20(22-15)17-6-5-7-18(27-3)19(17)28-4/h5-11,13H,12H2,1-4H3. The molecular formula is C21H22N2O6S2. The van der Waals surface area contributed by atoms with E-state index in [1.807, 2.05) is 12.1 Å². The molecule has 0 aliphatic heterocycles. The molecule has 31 heavy (non-hydrogen) atoms. The van der Waals surface area contributed by atoms with Gasteiger partial charge in [-0.1, -0.05) is 6.07 Å². The van der Waals surface area contributed by atoms with E-state index in [1.54, 1.807) is 25.7 Å². The van der Waals surface area contributed by atoms with Crippen LogP contribution in [0, 0.1) is 0 Å². The maximum atomic E-state index is 12.3. The highest BCUT2D eigenvalue weighted by molar-refractivity contribution is 7.89. The van der Waals surface area contributed by atoms with Crippen LogP contribution in [0.1, 0.15) is 16.1 Å². The van der Waals surface area contributed by atoms with Crippen molar-refractivity contribution in [3.05, 3.63) is 59.1 Å². The molecule has 0 amide bonds. The molecule has 1 aromatic heterocycles. The zero-order valence-corrected chi connectivity index (χ0v) is 19.1. The third kappa shape index (κ3) is 4.87. The summed E-state index contributed by atoms with van der Waals surface area (Å²) in [6.07, 6.45) is 0. The van der Waals surface area contributed by atoms with Crippen LogP contribution in [0.15, 0.2) is 52.7 Å². The molecular weight excluding hydrogens is 440 g/mol. The Morgan fingerprint density at radius 2 is 1.77 bits per heavy atom. The number of para-hydroxylation sites is 1. The highest BCUT2D eigenvalue weighted by Gasteiger charge is 2.18. The Morgan fingerprint density at radius 1 is 1.06 bits per heavy atom. The first-order chi connectivity index (χ1) is 14.8. The van der Waals surface area contributed by atoms with Crippen molar-refractivity contribution in [2.75, 3.05) is 28.3 Å². The van der Waals surface area contributed by atoms with Gasteiger partial charge in [-0.3, -0.25) is 0 Å². The number of carbonyl (C=O) groups excluding carboxylic acids is 1. The van der Waals surface area contributed by atoms with Gasteiger partial charge >= 0.3 is 5.97 Å². The van der Waals surface area contributed by atoms with Crippen LogP contribution in [0.2, 0.25) is 0 Å². The SMILES string of the molecule is COc1cccc(-c2nc(COC(=O)c3ccc(S(=O)(=O)N(C)C)cc3)cs2)c1OC. The monoisotopic (exact) mass is 462 g/mol. The molecule has 3 rings (SSSR count). The zero-order valence-electron chi connectivity index (χ0n) is 17.5. The summed E-state index contributed by atoms with van der Waals surface area (Å²) < 4.78 is 41.4. The van der Waals surface area contributed by atoms with Gasteiger partial charge < -0.3 is 14.2 Å². The minimum Gasteiger partial charge on any atom is -0.493 e. The lowest BCUT2D eigenvalue weighted by Gasteiger charge is -2.11. The Kier molecular flexibility index (Phi) is 6.94. The topological polar surface area (TPSA) is 95.0 Å². The fraction of sp³-hybridized carbons (Fsp3) is 0.238. The van der Waals surface area contributed by atoms with Crippen molar-refractivity contribution in [3.63, 3.8) is 0 Å². The maximum absolute atomic E-state index is 12.3. The van der Waals surface area contributed by atoms with Crippen LogP contribution in [-0.2, 0) is 21.4 Å². The van der Waals surface area contributed by atoms with Gasteiger partial charge in [-0.25, -0.2) is 22.5 Å². The molecule has 0 unspecified atom stereocenters. The lowest BCUT2D eigenvalue weighted by Crippen LogP contribution is -2.22. The number of nitrogens with zero attached hydrogens (tertiary/aromatic N) is 2. The Labute approximate surface area is 185 Å². The van der Waals surface area contributed by atoms with Gasteiger partial charge in [0.15, 0.2) is 11.5 Å². The second-order valence-electron chi connectivity index (χ2n) is 6.57. The molecule has 0 saturated carbocycles. The van der Waals surface area contributed by atoms with Gasteiger partial charge in [0.05, 0.1) is 35.9 Å². The Hall–Kier alpha value is -2.95. The lowest BCUT2D eigenvalue weighted by molar-refractivity contribution is 0.0468. The van der Waals surface area contributed by atoms with E-state index in [0.717, 1.165) is 9.87 Å². The molecule has 1 heterocycles. The summed E-state index contributed by atoms with van der Waals surface area (Å²) in [5, 5.41) is 2.51. The molecule has 0 spiro atoms. The number of sulfonamides is 1. The number of methoxy groups -OCH3 is 2. The molecule has 0 fully saturated rings. The van der Waals surface area contributed by atoms with E-state index in [0.29, 0.717) is 22.2 Å². The predicted molar refractivity (Wildman–Crippen MR) is 117 cm³/mol. The van der Waals surface area contributed by atoms with Crippen LogP contribution in [0.3, 0.4) is 0 Å². The number of esters is 1. The van der Waals surface area contributed by atoms with E-state index in [2.05, 4.69) is 4.98 Å². The number of rotatable bonds is 8. The van der Waals surface area contributed by atoms with Crippen molar-refractivity contribution >= 4 is 27.3 Å². The fourth-order valence-electron chi connectivity index (χ4n) is 2.75. The van der Waals surface area contributed by atoms with Gasteiger partial charge in [-0.2, -0.15) is 0 Å². The first-order valence-electron chi connectivity index (χ1n) is 9.13. The number of benzene rings is 2. The smallest absolute Gasteiger partial charge is 0.338 e. The van der Waals surface area contributed by atoms with E-state index in [-0.39, 0.29) is 17.1 Å². The average molecular weight is 463 g/mol. The molecule has 0 atom stereocenters. The van der Waals surface area contributed by atoms with Gasteiger partial charge in [0.25, 0.3) is 0 Å². The fourth-order valence-corrected chi connectivity index (χ4v) is 4.48. The van der Waals surface area contributed by atoms with Crippen LogP contribution in [0.4, 0.5) is 0 Å². The van der Waals surface area contributed by atoms with E-state index in [4.69, 9.17) is 14.2 Å². The molecule has 10 heteroatoms. The van der Waals surface area contributed by atoms with Crippen LogP contribution in [-0.4, -0.2) is 52.0 Å². The Morgan fingerprint density at radius 3 is 2.39 bits per heavy atom. The summed E-state index contributed by atoms with van der Waals surface area (Å²) in [5.41, 5.74) is 1.62. The number of thiazole rings is 1. The third-order valence-electron chi connectivity index (χ3n) is 4.40. The summed E-state index contributed by atoms with van der Waals surface area (Å²) in [4.78, 5) is 16.9. The molecule has 0 bridgehead atoms. The number of ether oxygens (including phenoxy) is 3. The van der Waals surface area contributed by atoms with Gasteiger partial charge in [0, 0.05) is 19.5 Å². The summed E-state index contributed by atoms with van der Waals surface area (Å²) in [6.45, 7) is -0.0145. The van der Waals surface area contributed by atoms with Gasteiger partial charge in [0.1, 0.15) is 11.6 Å². The molecule has 0 N–H and O–H groups in total. The van der Waals surface area contributed by atoms with E-state index in [9.17, 15) is 13.2 Å². The van der Waals surface area contributed by atoms with Gasteiger partial charge in [0.2, 0.25) is 10.0 Å². The summed E-state index contributed by atoms with van der Waals surface area (Å²) in [7, 11) is 2.46. The molecule has 0 radical (unpaired) electrons. The minimum absolute atomic E-state index is 0.0145. The third-order valence-corrected chi connectivity index (χ3v) is 7.16.